The van der Waals surface area contributed by atoms with Gasteiger partial charge in [-0.1, -0.05) is 23.8 Å². The van der Waals surface area contributed by atoms with Crippen LogP contribution in [0, 0.1) is 0 Å². The van der Waals surface area contributed by atoms with Gasteiger partial charge in [0.25, 0.3) is 0 Å². The molecule has 0 aliphatic rings. The summed E-state index contributed by atoms with van der Waals surface area (Å²) < 4.78 is 38.1. The summed E-state index contributed by atoms with van der Waals surface area (Å²) >= 11 is 10.7. The summed E-state index contributed by atoms with van der Waals surface area (Å²) in [7, 11) is 0. The molecule has 0 unspecified atom stereocenters. The van der Waals surface area contributed by atoms with E-state index in [9.17, 15) is 13.2 Å². The summed E-state index contributed by atoms with van der Waals surface area (Å²) in [5, 5.41) is 2.87. The molecule has 21 heavy (non-hydrogen) atoms. The highest BCUT2D eigenvalue weighted by molar-refractivity contribution is 7.80. The Morgan fingerprint density at radius 1 is 1.24 bits per heavy atom. The van der Waals surface area contributed by atoms with Gasteiger partial charge in [-0.2, -0.15) is 13.2 Å². The van der Waals surface area contributed by atoms with Crippen molar-refractivity contribution < 1.29 is 13.2 Å². The van der Waals surface area contributed by atoms with Crippen LogP contribution in [0.15, 0.2) is 36.5 Å². The molecule has 0 atom stereocenters. The Kier molecular flexibility index (Phi) is 4.34. The van der Waals surface area contributed by atoms with Crippen LogP contribution in [0.5, 0.6) is 0 Å². The van der Waals surface area contributed by atoms with Crippen LogP contribution in [-0.4, -0.2) is 9.97 Å². The number of hydrogen-bond acceptors (Lipinski definition) is 3. The van der Waals surface area contributed by atoms with Crippen LogP contribution >= 0.6 is 23.8 Å². The Bertz CT molecular complexity index is 689. The molecule has 1 aromatic carbocycles. The van der Waals surface area contributed by atoms with Crippen LogP contribution < -0.4 is 11.1 Å². The third kappa shape index (κ3) is 3.83. The molecule has 110 valence electrons. The quantitative estimate of drug-likeness (QED) is 0.830. The van der Waals surface area contributed by atoms with Gasteiger partial charge in [0.15, 0.2) is 0 Å². The molecule has 3 nitrogen and oxygen atoms in total. The van der Waals surface area contributed by atoms with Crippen LogP contribution in [0.1, 0.15) is 11.1 Å². The largest absolute Gasteiger partial charge is 0.416 e. The normalized spacial score (nSPS) is 11.2. The fourth-order valence-electron chi connectivity index (χ4n) is 1.59. The smallest absolute Gasteiger partial charge is 0.389 e. The highest BCUT2D eigenvalue weighted by Crippen LogP contribution is 2.34. The third-order valence-electron chi connectivity index (χ3n) is 2.60. The highest BCUT2D eigenvalue weighted by Gasteiger charge is 2.31. The van der Waals surface area contributed by atoms with Gasteiger partial charge in [-0.15, -0.1) is 0 Å². The first-order chi connectivity index (χ1) is 9.77. The zero-order chi connectivity index (χ0) is 15.6. The third-order valence-corrected chi connectivity index (χ3v) is 3.17. The fourth-order valence-corrected chi connectivity index (χ4v) is 1.88. The van der Waals surface area contributed by atoms with Crippen LogP contribution in [-0.2, 0) is 6.18 Å². The first-order valence-electron chi connectivity index (χ1n) is 5.67. The number of pyridine rings is 1. The Hall–Kier alpha value is -1.86. The summed E-state index contributed by atoms with van der Waals surface area (Å²) in [5.41, 5.74) is 5.33. The van der Waals surface area contributed by atoms with Crippen LogP contribution in [0.3, 0.4) is 0 Å². The van der Waals surface area contributed by atoms with E-state index in [1.54, 1.807) is 6.07 Å². The number of thiocarbonyl (C=S) groups is 1. The van der Waals surface area contributed by atoms with Gasteiger partial charge in [-0.05, 0) is 30.3 Å². The molecule has 0 radical (unpaired) electrons. The predicted octanol–water partition coefficient (Wildman–Crippen LogP) is 4.13. The van der Waals surface area contributed by atoms with E-state index in [1.807, 2.05) is 0 Å². The molecule has 3 N–H and O–H groups in total. The van der Waals surface area contributed by atoms with Gasteiger partial charge in [-0.25, -0.2) is 4.98 Å². The molecule has 0 bridgehead atoms. The van der Waals surface area contributed by atoms with E-state index in [2.05, 4.69) is 10.3 Å². The van der Waals surface area contributed by atoms with E-state index in [-0.39, 0.29) is 15.7 Å². The van der Waals surface area contributed by atoms with Crippen molar-refractivity contribution in [1.29, 1.82) is 0 Å². The number of nitrogens with one attached hydrogen (secondary N) is 1. The number of hydrogen-bond donors (Lipinski definition) is 2. The maximum atomic E-state index is 12.7. The molecule has 8 heteroatoms. The van der Waals surface area contributed by atoms with Crippen molar-refractivity contribution in [3.8, 4) is 0 Å². The number of nitrogens with two attached hydrogens (primary N) is 1. The average Bonchev–Trinajstić information content (AvgIpc) is 2.40. The first-order valence-corrected chi connectivity index (χ1v) is 6.45. The van der Waals surface area contributed by atoms with Gasteiger partial charge in [0.2, 0.25) is 0 Å². The van der Waals surface area contributed by atoms with Crippen LogP contribution in [0.4, 0.5) is 24.7 Å². The standard InChI is InChI=1S/C13H9ClF3N3S/c14-9-2-1-8(13(15,16)17)6-10(9)20-11-5-7(12(18)21)3-4-19-11/h1-6H,(H2,18,21)(H,19,20). The number of alkyl halides is 3. The summed E-state index contributed by atoms with van der Waals surface area (Å²) in [4.78, 5) is 4.15. The lowest BCUT2D eigenvalue weighted by atomic mass is 10.2. The molecule has 0 fully saturated rings. The van der Waals surface area contributed by atoms with Crippen molar-refractivity contribution in [2.24, 2.45) is 5.73 Å². The fraction of sp³-hybridized carbons (Fsp3) is 0.0769. The van der Waals surface area contributed by atoms with Crippen molar-refractivity contribution >= 4 is 40.3 Å². The molecular weight excluding hydrogens is 323 g/mol. The number of halogens is 4. The van der Waals surface area contributed by atoms with Gasteiger partial charge < -0.3 is 11.1 Å². The molecule has 2 aromatic rings. The second kappa shape index (κ2) is 5.87. The Labute approximate surface area is 128 Å². The van der Waals surface area contributed by atoms with E-state index in [0.29, 0.717) is 11.4 Å². The number of rotatable bonds is 3. The maximum Gasteiger partial charge on any atom is 0.416 e. The molecule has 1 aromatic heterocycles. The minimum atomic E-state index is -4.45. The monoisotopic (exact) mass is 331 g/mol. The van der Waals surface area contributed by atoms with Crippen molar-refractivity contribution in [1.82, 2.24) is 4.98 Å². The topological polar surface area (TPSA) is 50.9 Å². The first kappa shape index (κ1) is 15.5. The molecule has 0 saturated heterocycles. The summed E-state index contributed by atoms with van der Waals surface area (Å²) in [6.07, 6.45) is -3.01. The van der Waals surface area contributed by atoms with E-state index in [1.165, 1.54) is 18.3 Å². The zero-order valence-corrected chi connectivity index (χ0v) is 12.0. The summed E-state index contributed by atoms with van der Waals surface area (Å²) in [6.45, 7) is 0. The molecule has 0 spiro atoms. The molecule has 2 rings (SSSR count). The lowest BCUT2D eigenvalue weighted by Crippen LogP contribution is -2.10. The second-order valence-corrected chi connectivity index (χ2v) is 4.96. The van der Waals surface area contributed by atoms with E-state index < -0.39 is 11.7 Å². The molecular formula is C13H9ClF3N3S. The van der Waals surface area contributed by atoms with Crippen LogP contribution in [0.2, 0.25) is 5.02 Å². The molecule has 1 heterocycles. The zero-order valence-electron chi connectivity index (χ0n) is 10.4. The predicted molar refractivity (Wildman–Crippen MR) is 79.9 cm³/mol. The summed E-state index contributed by atoms with van der Waals surface area (Å²) in [5.74, 6) is 0.293. The Morgan fingerprint density at radius 3 is 2.57 bits per heavy atom. The highest BCUT2D eigenvalue weighted by atomic mass is 35.5. The van der Waals surface area contributed by atoms with Crippen molar-refractivity contribution in [3.63, 3.8) is 0 Å². The second-order valence-electron chi connectivity index (χ2n) is 4.11. The van der Waals surface area contributed by atoms with Crippen molar-refractivity contribution in [2.45, 2.75) is 6.18 Å². The minimum Gasteiger partial charge on any atom is -0.389 e. The Morgan fingerprint density at radius 2 is 1.95 bits per heavy atom. The van der Waals surface area contributed by atoms with Gasteiger partial charge in [0.1, 0.15) is 10.8 Å². The van der Waals surface area contributed by atoms with E-state index >= 15 is 0 Å². The van der Waals surface area contributed by atoms with Gasteiger partial charge >= 0.3 is 6.18 Å². The lowest BCUT2D eigenvalue weighted by molar-refractivity contribution is -0.137. The van der Waals surface area contributed by atoms with E-state index in [0.717, 1.165) is 12.1 Å². The van der Waals surface area contributed by atoms with Crippen molar-refractivity contribution in [3.05, 3.63) is 52.7 Å². The molecule has 0 aliphatic carbocycles. The Balaban J connectivity index is 2.35. The molecule has 0 amide bonds. The summed E-state index contributed by atoms with van der Waals surface area (Å²) in [6, 6.07) is 6.12. The van der Waals surface area contributed by atoms with Gasteiger partial charge in [-0.3, -0.25) is 0 Å². The van der Waals surface area contributed by atoms with Crippen LogP contribution in [0.25, 0.3) is 0 Å². The van der Waals surface area contributed by atoms with Gasteiger partial charge in [0.05, 0.1) is 16.3 Å². The SMILES string of the molecule is NC(=S)c1ccnc(Nc2cc(C(F)(F)F)ccc2Cl)c1. The minimum absolute atomic E-state index is 0.0964. The lowest BCUT2D eigenvalue weighted by Gasteiger charge is -2.12. The number of anilines is 2. The van der Waals surface area contributed by atoms with Crippen molar-refractivity contribution in [2.75, 3.05) is 5.32 Å². The average molecular weight is 332 g/mol. The molecule has 0 saturated carbocycles. The van der Waals surface area contributed by atoms with E-state index in [4.69, 9.17) is 29.6 Å². The van der Waals surface area contributed by atoms with Gasteiger partial charge in [0, 0.05) is 11.8 Å². The number of benzene rings is 1. The maximum absolute atomic E-state index is 12.7. The number of nitrogens with zero attached hydrogens (tertiary/aromatic N) is 1. The number of aromatic nitrogens is 1. The molecule has 0 aliphatic heterocycles.